The molecular formula is C12H22IN3O4S. The molecule has 0 saturated carbocycles. The molecule has 7 nitrogen and oxygen atoms in total. The number of halogens is 1. The Kier molecular flexibility index (Phi) is 10.4. The van der Waals surface area contributed by atoms with Crippen LogP contribution in [0.2, 0.25) is 0 Å². The topological polar surface area (TPSA) is 92.9 Å². The zero-order chi connectivity index (χ0) is 14.8. The van der Waals surface area contributed by atoms with Crippen LogP contribution in [-0.2, 0) is 21.1 Å². The van der Waals surface area contributed by atoms with Crippen LogP contribution in [0, 0.1) is 0 Å². The van der Waals surface area contributed by atoms with Crippen LogP contribution in [0.4, 0.5) is 0 Å². The van der Waals surface area contributed by atoms with E-state index >= 15 is 0 Å². The Labute approximate surface area is 142 Å². The van der Waals surface area contributed by atoms with E-state index in [0.29, 0.717) is 25.7 Å². The highest BCUT2D eigenvalue weighted by Gasteiger charge is 2.02. The summed E-state index contributed by atoms with van der Waals surface area (Å²) in [5.41, 5.74) is 0. The molecule has 0 aliphatic rings. The van der Waals surface area contributed by atoms with Crippen LogP contribution in [0.3, 0.4) is 0 Å². The smallest absolute Gasteiger partial charge is 0.191 e. The highest BCUT2D eigenvalue weighted by molar-refractivity contribution is 14.0. The molecule has 9 heteroatoms. The summed E-state index contributed by atoms with van der Waals surface area (Å²) in [4.78, 5) is 4.05. The minimum absolute atomic E-state index is 0. The first kappa shape index (κ1) is 20.2. The van der Waals surface area contributed by atoms with Gasteiger partial charge in [0.1, 0.15) is 15.6 Å². The molecule has 0 aliphatic carbocycles. The number of guanidine groups is 1. The predicted molar refractivity (Wildman–Crippen MR) is 92.9 cm³/mol. The number of hydrogen-bond donors (Lipinski definition) is 2. The SMILES string of the molecule is CN=C(NCCOCCS(C)(=O)=O)NCc1ccco1.I. The molecule has 0 unspecified atom stereocenters. The van der Waals surface area contributed by atoms with Gasteiger partial charge >= 0.3 is 0 Å². The van der Waals surface area contributed by atoms with E-state index in [0.717, 1.165) is 5.76 Å². The summed E-state index contributed by atoms with van der Waals surface area (Å²) in [5.74, 6) is 1.49. The largest absolute Gasteiger partial charge is 0.467 e. The molecule has 0 spiro atoms. The molecule has 0 atom stereocenters. The average molecular weight is 431 g/mol. The first-order valence-electron chi connectivity index (χ1n) is 6.23. The third kappa shape index (κ3) is 10.5. The highest BCUT2D eigenvalue weighted by Crippen LogP contribution is 1.97. The van der Waals surface area contributed by atoms with E-state index in [1.807, 2.05) is 12.1 Å². The maximum Gasteiger partial charge on any atom is 0.191 e. The summed E-state index contributed by atoms with van der Waals surface area (Å²) < 4.78 is 32.2. The minimum Gasteiger partial charge on any atom is -0.467 e. The number of nitrogens with zero attached hydrogens (tertiary/aromatic N) is 1. The van der Waals surface area contributed by atoms with Crippen molar-refractivity contribution in [1.82, 2.24) is 10.6 Å². The molecule has 0 amide bonds. The highest BCUT2D eigenvalue weighted by atomic mass is 127. The van der Waals surface area contributed by atoms with E-state index < -0.39 is 9.84 Å². The van der Waals surface area contributed by atoms with Gasteiger partial charge in [-0.15, -0.1) is 24.0 Å². The Morgan fingerprint density at radius 3 is 2.71 bits per heavy atom. The summed E-state index contributed by atoms with van der Waals surface area (Å²) in [6.45, 7) is 1.71. The van der Waals surface area contributed by atoms with Crippen molar-refractivity contribution in [2.45, 2.75) is 6.54 Å². The third-order valence-electron chi connectivity index (χ3n) is 2.37. The zero-order valence-corrected chi connectivity index (χ0v) is 15.3. The maximum atomic E-state index is 10.9. The summed E-state index contributed by atoms with van der Waals surface area (Å²) in [6.07, 6.45) is 2.80. The van der Waals surface area contributed by atoms with E-state index in [1.54, 1.807) is 13.3 Å². The van der Waals surface area contributed by atoms with Gasteiger partial charge in [-0.25, -0.2) is 8.42 Å². The number of furan rings is 1. The third-order valence-corrected chi connectivity index (χ3v) is 3.28. The van der Waals surface area contributed by atoms with Crippen molar-refractivity contribution in [2.24, 2.45) is 4.99 Å². The van der Waals surface area contributed by atoms with Gasteiger partial charge in [0, 0.05) is 19.8 Å². The Balaban J connectivity index is 0.00000400. The van der Waals surface area contributed by atoms with Crippen molar-refractivity contribution < 1.29 is 17.6 Å². The molecule has 1 aromatic rings. The number of ether oxygens (including phenoxy) is 1. The van der Waals surface area contributed by atoms with Gasteiger partial charge in [0.15, 0.2) is 5.96 Å². The minimum atomic E-state index is -2.96. The molecule has 0 saturated heterocycles. The molecule has 0 aliphatic heterocycles. The van der Waals surface area contributed by atoms with Crippen LogP contribution < -0.4 is 10.6 Å². The van der Waals surface area contributed by atoms with Crippen molar-refractivity contribution in [3.05, 3.63) is 24.2 Å². The van der Waals surface area contributed by atoms with Crippen LogP contribution in [-0.4, -0.2) is 53.2 Å². The van der Waals surface area contributed by atoms with Crippen molar-refractivity contribution in [2.75, 3.05) is 38.8 Å². The van der Waals surface area contributed by atoms with Gasteiger partial charge in [-0.3, -0.25) is 4.99 Å². The van der Waals surface area contributed by atoms with Crippen molar-refractivity contribution >= 4 is 39.8 Å². The zero-order valence-electron chi connectivity index (χ0n) is 12.2. The van der Waals surface area contributed by atoms with Crippen LogP contribution in [0.15, 0.2) is 27.8 Å². The molecule has 0 radical (unpaired) electrons. The molecule has 2 N–H and O–H groups in total. The van der Waals surface area contributed by atoms with Gasteiger partial charge in [-0.05, 0) is 12.1 Å². The Bertz CT molecular complexity index is 503. The van der Waals surface area contributed by atoms with Gasteiger partial charge in [-0.2, -0.15) is 0 Å². The van der Waals surface area contributed by atoms with Crippen LogP contribution >= 0.6 is 24.0 Å². The molecule has 0 fully saturated rings. The molecule has 21 heavy (non-hydrogen) atoms. The fourth-order valence-electron chi connectivity index (χ4n) is 1.36. The fourth-order valence-corrected chi connectivity index (χ4v) is 1.78. The lowest BCUT2D eigenvalue weighted by Crippen LogP contribution is -2.38. The first-order valence-corrected chi connectivity index (χ1v) is 8.29. The lowest BCUT2D eigenvalue weighted by Gasteiger charge is -2.11. The standard InChI is InChI=1S/C12H21N3O4S.HI/c1-13-12(15-10-11-4-3-6-19-11)14-5-7-18-8-9-20(2,16)17;/h3-4,6H,5,7-10H2,1-2H3,(H2,13,14,15);1H. The van der Waals surface area contributed by atoms with E-state index in [1.165, 1.54) is 6.26 Å². The second kappa shape index (κ2) is 10.9. The van der Waals surface area contributed by atoms with Crippen LogP contribution in [0.1, 0.15) is 5.76 Å². The van der Waals surface area contributed by atoms with Gasteiger partial charge in [0.05, 0.1) is 31.8 Å². The first-order chi connectivity index (χ1) is 9.51. The Morgan fingerprint density at radius 1 is 1.38 bits per heavy atom. The number of rotatable bonds is 8. The number of nitrogens with one attached hydrogen (secondary N) is 2. The van der Waals surface area contributed by atoms with E-state index in [4.69, 9.17) is 9.15 Å². The summed E-state index contributed by atoms with van der Waals surface area (Å²) in [6, 6.07) is 3.69. The second-order valence-corrected chi connectivity index (χ2v) is 6.43. The van der Waals surface area contributed by atoms with Gasteiger partial charge in [-0.1, -0.05) is 0 Å². The number of sulfone groups is 1. The van der Waals surface area contributed by atoms with Crippen LogP contribution in [0.5, 0.6) is 0 Å². The summed E-state index contributed by atoms with van der Waals surface area (Å²) >= 11 is 0. The maximum absolute atomic E-state index is 10.9. The van der Waals surface area contributed by atoms with Gasteiger partial charge in [0.25, 0.3) is 0 Å². The molecule has 1 rings (SSSR count). The normalized spacial score (nSPS) is 11.8. The predicted octanol–water partition coefficient (Wildman–Crippen LogP) is 0.624. The summed E-state index contributed by atoms with van der Waals surface area (Å²) in [5, 5.41) is 6.13. The Morgan fingerprint density at radius 2 is 2.14 bits per heavy atom. The lowest BCUT2D eigenvalue weighted by molar-refractivity contribution is 0.154. The van der Waals surface area contributed by atoms with Crippen LogP contribution in [0.25, 0.3) is 0 Å². The number of aliphatic imine (C=N–C) groups is 1. The average Bonchev–Trinajstić information content (AvgIpc) is 2.89. The van der Waals surface area contributed by atoms with Crippen molar-refractivity contribution in [3.8, 4) is 0 Å². The van der Waals surface area contributed by atoms with E-state index in [9.17, 15) is 8.42 Å². The van der Waals surface area contributed by atoms with Gasteiger partial charge in [0.2, 0.25) is 0 Å². The van der Waals surface area contributed by atoms with Gasteiger partial charge < -0.3 is 19.8 Å². The monoisotopic (exact) mass is 431 g/mol. The number of hydrogen-bond acceptors (Lipinski definition) is 5. The second-order valence-electron chi connectivity index (χ2n) is 4.17. The summed E-state index contributed by atoms with van der Waals surface area (Å²) in [7, 11) is -1.29. The lowest BCUT2D eigenvalue weighted by atomic mass is 10.4. The molecule has 1 aromatic heterocycles. The fraction of sp³-hybridized carbons (Fsp3) is 0.583. The molecule has 0 aromatic carbocycles. The van der Waals surface area contributed by atoms with Crippen molar-refractivity contribution in [1.29, 1.82) is 0 Å². The van der Waals surface area contributed by atoms with Crippen molar-refractivity contribution in [3.63, 3.8) is 0 Å². The molecule has 0 bridgehead atoms. The Hall–Kier alpha value is -0.810. The van der Waals surface area contributed by atoms with E-state index in [2.05, 4.69) is 15.6 Å². The molecule has 1 heterocycles. The molecule has 122 valence electrons. The quantitative estimate of drug-likeness (QED) is 0.272. The molecular weight excluding hydrogens is 409 g/mol. The van der Waals surface area contributed by atoms with E-state index in [-0.39, 0.29) is 36.3 Å².